The summed E-state index contributed by atoms with van der Waals surface area (Å²) >= 11 is 7.83. The van der Waals surface area contributed by atoms with Crippen molar-refractivity contribution in [2.75, 3.05) is 0 Å². The van der Waals surface area contributed by atoms with E-state index < -0.39 is 0 Å². The Morgan fingerprint density at radius 3 is 2.06 bits per heavy atom. The molecule has 0 aliphatic carbocycles. The van der Waals surface area contributed by atoms with Crippen molar-refractivity contribution in [3.05, 3.63) is 71.6 Å². The Morgan fingerprint density at radius 2 is 1.44 bits per heavy atom. The topological polar surface area (TPSA) is 0 Å². The van der Waals surface area contributed by atoms with E-state index in [4.69, 9.17) is 11.6 Å². The van der Waals surface area contributed by atoms with E-state index in [1.54, 1.807) is 11.8 Å². The third-order valence-electron chi connectivity index (χ3n) is 2.09. The second kappa shape index (κ2) is 5.78. The lowest BCUT2D eigenvalue weighted by molar-refractivity contribution is 1.47. The maximum atomic E-state index is 6.20. The van der Waals surface area contributed by atoms with E-state index in [1.165, 1.54) is 4.90 Å². The van der Waals surface area contributed by atoms with Crippen LogP contribution in [-0.4, -0.2) is 0 Å². The Bertz CT molecular complexity index is 463. The SMILES string of the molecule is Cl/C(=C\Sc1ccccc1)c1ccccc1. The molecular formula is C14H11ClS. The molecule has 2 aromatic carbocycles. The highest BCUT2D eigenvalue weighted by molar-refractivity contribution is 8.02. The van der Waals surface area contributed by atoms with E-state index in [9.17, 15) is 0 Å². The molecule has 0 nitrogen and oxygen atoms in total. The fourth-order valence-electron chi connectivity index (χ4n) is 1.28. The van der Waals surface area contributed by atoms with Gasteiger partial charge in [-0.1, -0.05) is 71.9 Å². The lowest BCUT2D eigenvalue weighted by Gasteiger charge is -1.99. The fraction of sp³-hybridized carbons (Fsp3) is 0. The zero-order valence-electron chi connectivity index (χ0n) is 8.64. The van der Waals surface area contributed by atoms with Gasteiger partial charge in [-0.2, -0.15) is 0 Å². The second-order valence-electron chi connectivity index (χ2n) is 3.26. The number of hydrogen-bond acceptors (Lipinski definition) is 1. The van der Waals surface area contributed by atoms with Crippen molar-refractivity contribution in [1.82, 2.24) is 0 Å². The number of rotatable bonds is 3. The highest BCUT2D eigenvalue weighted by Gasteiger charge is 1.96. The summed E-state index contributed by atoms with van der Waals surface area (Å²) in [6, 6.07) is 20.1. The van der Waals surface area contributed by atoms with Crippen LogP contribution >= 0.6 is 23.4 Å². The van der Waals surface area contributed by atoms with Gasteiger partial charge in [0.2, 0.25) is 0 Å². The van der Waals surface area contributed by atoms with E-state index in [-0.39, 0.29) is 0 Å². The van der Waals surface area contributed by atoms with Gasteiger partial charge in [-0.15, -0.1) is 0 Å². The van der Waals surface area contributed by atoms with Crippen LogP contribution < -0.4 is 0 Å². The van der Waals surface area contributed by atoms with Crippen molar-refractivity contribution in [2.45, 2.75) is 4.90 Å². The summed E-state index contributed by atoms with van der Waals surface area (Å²) in [7, 11) is 0. The van der Waals surface area contributed by atoms with Gasteiger partial charge >= 0.3 is 0 Å². The number of thioether (sulfide) groups is 1. The van der Waals surface area contributed by atoms with Crippen molar-refractivity contribution in [3.63, 3.8) is 0 Å². The zero-order chi connectivity index (χ0) is 11.2. The van der Waals surface area contributed by atoms with Gasteiger partial charge in [0.15, 0.2) is 0 Å². The molecule has 16 heavy (non-hydrogen) atoms. The summed E-state index contributed by atoms with van der Waals surface area (Å²) in [6.07, 6.45) is 0. The first kappa shape index (κ1) is 11.3. The maximum Gasteiger partial charge on any atom is 0.0544 e. The molecule has 0 aliphatic heterocycles. The van der Waals surface area contributed by atoms with Crippen molar-refractivity contribution in [3.8, 4) is 0 Å². The molecule has 0 aliphatic rings. The summed E-state index contributed by atoms with van der Waals surface area (Å²) in [5.74, 6) is 0. The second-order valence-corrected chi connectivity index (χ2v) is 4.61. The first-order valence-corrected chi connectivity index (χ1v) is 6.25. The van der Waals surface area contributed by atoms with Crippen LogP contribution in [-0.2, 0) is 0 Å². The van der Waals surface area contributed by atoms with Crippen LogP contribution in [0.3, 0.4) is 0 Å². The minimum absolute atomic E-state index is 0.773. The predicted octanol–water partition coefficient (Wildman–Crippen LogP) is 5.02. The molecule has 0 bridgehead atoms. The molecule has 0 saturated heterocycles. The van der Waals surface area contributed by atoms with Gasteiger partial charge in [0, 0.05) is 4.90 Å². The Balaban J connectivity index is 2.09. The molecule has 2 heteroatoms. The van der Waals surface area contributed by atoms with Crippen LogP contribution in [0.4, 0.5) is 0 Å². The molecule has 0 saturated carbocycles. The van der Waals surface area contributed by atoms with Crippen LogP contribution in [0.5, 0.6) is 0 Å². The van der Waals surface area contributed by atoms with Gasteiger partial charge in [0.25, 0.3) is 0 Å². The van der Waals surface area contributed by atoms with Crippen LogP contribution in [0.2, 0.25) is 0 Å². The summed E-state index contributed by atoms with van der Waals surface area (Å²) in [6.45, 7) is 0. The van der Waals surface area contributed by atoms with Crippen molar-refractivity contribution in [2.24, 2.45) is 0 Å². The molecule has 80 valence electrons. The van der Waals surface area contributed by atoms with E-state index in [1.807, 2.05) is 53.9 Å². The molecule has 2 aromatic rings. The third-order valence-corrected chi connectivity index (χ3v) is 3.45. The minimum Gasteiger partial charge on any atom is -0.0965 e. The number of halogens is 1. The highest BCUT2D eigenvalue weighted by atomic mass is 35.5. The molecule has 2 rings (SSSR count). The molecule has 0 fully saturated rings. The van der Waals surface area contributed by atoms with E-state index in [2.05, 4.69) is 12.1 Å². The third kappa shape index (κ3) is 3.16. The average Bonchev–Trinajstić information content (AvgIpc) is 2.38. The largest absolute Gasteiger partial charge is 0.0965 e. The summed E-state index contributed by atoms with van der Waals surface area (Å²) < 4.78 is 0. The fourth-order valence-corrected chi connectivity index (χ4v) is 2.23. The van der Waals surface area contributed by atoms with Crippen molar-refractivity contribution in [1.29, 1.82) is 0 Å². The molecule has 0 atom stereocenters. The van der Waals surface area contributed by atoms with E-state index >= 15 is 0 Å². The Hall–Kier alpha value is -1.18. The zero-order valence-corrected chi connectivity index (χ0v) is 10.2. The Kier molecular flexibility index (Phi) is 4.09. The Morgan fingerprint density at radius 1 is 0.875 bits per heavy atom. The van der Waals surface area contributed by atoms with Crippen molar-refractivity contribution < 1.29 is 0 Å². The lowest BCUT2D eigenvalue weighted by atomic mass is 10.2. The van der Waals surface area contributed by atoms with Crippen molar-refractivity contribution >= 4 is 28.4 Å². The Labute approximate surface area is 105 Å². The van der Waals surface area contributed by atoms with Gasteiger partial charge in [0.05, 0.1) is 5.03 Å². The highest BCUT2D eigenvalue weighted by Crippen LogP contribution is 2.26. The quantitative estimate of drug-likeness (QED) is 0.686. The van der Waals surface area contributed by atoms with Crippen LogP contribution in [0.1, 0.15) is 5.56 Å². The molecule has 0 amide bonds. The van der Waals surface area contributed by atoms with E-state index in [0.717, 1.165) is 10.6 Å². The monoisotopic (exact) mass is 246 g/mol. The molecule has 0 heterocycles. The van der Waals surface area contributed by atoms with E-state index in [0.29, 0.717) is 0 Å². The molecule has 0 aromatic heterocycles. The van der Waals surface area contributed by atoms with Gasteiger partial charge in [-0.3, -0.25) is 0 Å². The first-order valence-electron chi connectivity index (χ1n) is 4.99. The summed E-state index contributed by atoms with van der Waals surface area (Å²) in [5, 5.41) is 2.74. The van der Waals surface area contributed by atoms with Gasteiger partial charge < -0.3 is 0 Å². The summed E-state index contributed by atoms with van der Waals surface area (Å²) in [5.41, 5.74) is 1.05. The number of hydrogen-bond donors (Lipinski definition) is 0. The smallest absolute Gasteiger partial charge is 0.0544 e. The van der Waals surface area contributed by atoms with Crippen LogP contribution in [0.15, 0.2) is 71.0 Å². The molecule has 0 unspecified atom stereocenters. The normalized spacial score (nSPS) is 11.4. The van der Waals surface area contributed by atoms with Gasteiger partial charge in [0.1, 0.15) is 0 Å². The standard InChI is InChI=1S/C14H11ClS/c15-14(12-7-3-1-4-8-12)11-16-13-9-5-2-6-10-13/h1-11H/b14-11-. The van der Waals surface area contributed by atoms with Crippen LogP contribution in [0, 0.1) is 0 Å². The molecular weight excluding hydrogens is 236 g/mol. The molecule has 0 spiro atoms. The lowest BCUT2D eigenvalue weighted by Crippen LogP contribution is -1.74. The molecule has 0 radical (unpaired) electrons. The maximum absolute atomic E-state index is 6.20. The minimum atomic E-state index is 0.773. The molecule has 0 N–H and O–H groups in total. The first-order chi connectivity index (χ1) is 7.86. The van der Waals surface area contributed by atoms with Gasteiger partial charge in [-0.25, -0.2) is 0 Å². The van der Waals surface area contributed by atoms with Gasteiger partial charge in [-0.05, 0) is 23.1 Å². The van der Waals surface area contributed by atoms with Crippen LogP contribution in [0.25, 0.3) is 5.03 Å². The summed E-state index contributed by atoms with van der Waals surface area (Å²) in [4.78, 5) is 1.19. The average molecular weight is 247 g/mol. The predicted molar refractivity (Wildman–Crippen MR) is 72.6 cm³/mol. The number of benzene rings is 2.